The molecule has 0 spiro atoms. The van der Waals surface area contributed by atoms with Gasteiger partial charge < -0.3 is 20.5 Å². The van der Waals surface area contributed by atoms with Gasteiger partial charge in [-0.05, 0) is 45.8 Å². The molecule has 1 aromatic rings. The average Bonchev–Trinajstić information content (AvgIpc) is 2.26. The maximum atomic E-state index is 10.9. The van der Waals surface area contributed by atoms with Gasteiger partial charge >= 0.3 is 11.8 Å². The number of aromatic nitrogens is 1. The van der Waals surface area contributed by atoms with E-state index in [4.69, 9.17) is 5.11 Å². The van der Waals surface area contributed by atoms with Crippen molar-refractivity contribution >= 4 is 33.4 Å². The minimum atomic E-state index is -1.03. The summed E-state index contributed by atoms with van der Waals surface area (Å²) >= 11 is 3.15. The second-order valence-corrected chi connectivity index (χ2v) is 5.24. The van der Waals surface area contributed by atoms with E-state index >= 15 is 0 Å². The van der Waals surface area contributed by atoms with E-state index in [9.17, 15) is 14.9 Å². The Kier molecular flexibility index (Phi) is 4.23. The summed E-state index contributed by atoms with van der Waals surface area (Å²) in [4.78, 5) is 24.7. The molecule has 1 aromatic heterocycles. The van der Waals surface area contributed by atoms with E-state index in [-0.39, 0.29) is 18.1 Å². The van der Waals surface area contributed by atoms with Crippen LogP contribution in [-0.4, -0.2) is 27.5 Å². The molecule has 2 N–H and O–H groups in total. The largest absolute Gasteiger partial charge is 0.481 e. The molecule has 0 saturated heterocycles. The number of carboxylic acid groups (broad SMARTS) is 1. The van der Waals surface area contributed by atoms with E-state index < -0.39 is 16.3 Å². The van der Waals surface area contributed by atoms with Crippen molar-refractivity contribution < 1.29 is 14.8 Å². The number of halogens is 1. The van der Waals surface area contributed by atoms with E-state index in [0.29, 0.717) is 4.47 Å². The second kappa shape index (κ2) is 5.30. The van der Waals surface area contributed by atoms with Crippen LogP contribution in [0.5, 0.6) is 0 Å². The average molecular weight is 318 g/mol. The molecular weight excluding hydrogens is 306 g/mol. The van der Waals surface area contributed by atoms with Gasteiger partial charge in [-0.25, -0.2) is 0 Å². The number of pyridine rings is 1. The zero-order chi connectivity index (χ0) is 13.9. The summed E-state index contributed by atoms with van der Waals surface area (Å²) in [5.41, 5.74) is -0.848. The third kappa shape index (κ3) is 3.39. The number of rotatable bonds is 5. The number of nitrogens with zero attached hydrogens (tertiary/aromatic N) is 2. The summed E-state index contributed by atoms with van der Waals surface area (Å²) in [5.74, 6) is -1.32. The summed E-state index contributed by atoms with van der Waals surface area (Å²) in [6, 6.07) is 1.49. The number of anilines is 1. The molecule has 0 aliphatic rings. The lowest BCUT2D eigenvalue weighted by molar-refractivity contribution is -0.388. The minimum absolute atomic E-state index is 0.0569. The molecule has 8 heteroatoms. The van der Waals surface area contributed by atoms with Crippen LogP contribution in [0.15, 0.2) is 16.7 Å². The maximum absolute atomic E-state index is 10.9. The van der Waals surface area contributed by atoms with Crippen molar-refractivity contribution in [3.05, 3.63) is 26.9 Å². The Hall–Kier alpha value is -1.70. The lowest BCUT2D eigenvalue weighted by atomic mass is 9.94. The first kappa shape index (κ1) is 14.4. The molecule has 0 amide bonds. The van der Waals surface area contributed by atoms with Gasteiger partial charge in [0.25, 0.3) is 0 Å². The van der Waals surface area contributed by atoms with Crippen molar-refractivity contribution in [2.75, 3.05) is 11.9 Å². The quantitative estimate of drug-likeness (QED) is 0.637. The van der Waals surface area contributed by atoms with Gasteiger partial charge in [-0.1, -0.05) is 0 Å². The summed E-state index contributed by atoms with van der Waals surface area (Å²) in [5, 5.41) is 22.5. The third-order valence-corrected chi connectivity index (χ3v) is 2.74. The van der Waals surface area contributed by atoms with Gasteiger partial charge in [0.15, 0.2) is 6.20 Å². The van der Waals surface area contributed by atoms with Gasteiger partial charge in [-0.15, -0.1) is 0 Å². The Morgan fingerprint density at radius 2 is 2.28 bits per heavy atom. The van der Waals surface area contributed by atoms with Crippen molar-refractivity contribution in [1.82, 2.24) is 4.98 Å². The molecule has 0 unspecified atom stereocenters. The molecular formula is C10H12BrN3O4. The fourth-order valence-corrected chi connectivity index (χ4v) is 1.43. The standard InChI is InChI=1S/C10H12BrN3O4/c1-10(2,9(15)16)5-13-7-3-6(11)4-12-8(7)14(17)18/h3-4,13H,5H2,1-2H3,(H,15,16). The molecule has 0 aliphatic heterocycles. The molecule has 7 nitrogen and oxygen atoms in total. The molecule has 0 atom stereocenters. The Morgan fingerprint density at radius 1 is 1.67 bits per heavy atom. The predicted octanol–water partition coefficient (Wildman–Crippen LogP) is 2.27. The monoisotopic (exact) mass is 317 g/mol. The highest BCUT2D eigenvalue weighted by Gasteiger charge is 2.28. The van der Waals surface area contributed by atoms with Crippen LogP contribution in [0, 0.1) is 15.5 Å². The fraction of sp³-hybridized carbons (Fsp3) is 0.400. The number of hydrogen-bond acceptors (Lipinski definition) is 5. The number of carboxylic acids is 1. The first-order valence-electron chi connectivity index (χ1n) is 5.01. The number of carbonyl (C=O) groups is 1. The van der Waals surface area contributed by atoms with Crippen molar-refractivity contribution in [2.45, 2.75) is 13.8 Å². The molecule has 0 aliphatic carbocycles. The molecule has 1 rings (SSSR count). The van der Waals surface area contributed by atoms with Gasteiger partial charge in [-0.2, -0.15) is 0 Å². The zero-order valence-corrected chi connectivity index (χ0v) is 11.4. The van der Waals surface area contributed by atoms with E-state index in [0.717, 1.165) is 0 Å². The van der Waals surface area contributed by atoms with Crippen LogP contribution in [0.3, 0.4) is 0 Å². The molecule has 0 aromatic carbocycles. The maximum Gasteiger partial charge on any atom is 0.386 e. The first-order chi connectivity index (χ1) is 8.24. The lowest BCUT2D eigenvalue weighted by Crippen LogP contribution is -2.32. The Balaban J connectivity index is 2.94. The summed E-state index contributed by atoms with van der Waals surface area (Å²) in [7, 11) is 0. The van der Waals surface area contributed by atoms with Gasteiger partial charge in [-0.3, -0.25) is 4.79 Å². The van der Waals surface area contributed by atoms with E-state index in [1.165, 1.54) is 26.1 Å². The Bertz CT molecular complexity index is 490. The highest BCUT2D eigenvalue weighted by atomic mass is 79.9. The van der Waals surface area contributed by atoms with Gasteiger partial charge in [0.2, 0.25) is 0 Å². The fourth-order valence-electron chi connectivity index (χ4n) is 1.10. The van der Waals surface area contributed by atoms with Crippen LogP contribution < -0.4 is 5.32 Å². The van der Waals surface area contributed by atoms with E-state index in [2.05, 4.69) is 26.2 Å². The molecule has 18 heavy (non-hydrogen) atoms. The SMILES string of the molecule is CC(C)(CNc1cc(Br)cnc1[N+](=O)[O-])C(=O)O. The highest BCUT2D eigenvalue weighted by Crippen LogP contribution is 2.26. The van der Waals surface area contributed by atoms with Gasteiger partial charge in [0, 0.05) is 6.54 Å². The molecule has 1 heterocycles. The van der Waals surface area contributed by atoms with Crippen molar-refractivity contribution in [3.63, 3.8) is 0 Å². The molecule has 98 valence electrons. The number of nitrogens with one attached hydrogen (secondary N) is 1. The van der Waals surface area contributed by atoms with Crippen LogP contribution in [0.2, 0.25) is 0 Å². The zero-order valence-electron chi connectivity index (χ0n) is 9.81. The van der Waals surface area contributed by atoms with Gasteiger partial charge in [0.1, 0.15) is 5.69 Å². The van der Waals surface area contributed by atoms with Crippen molar-refractivity contribution in [1.29, 1.82) is 0 Å². The van der Waals surface area contributed by atoms with Crippen LogP contribution in [0.1, 0.15) is 13.8 Å². The first-order valence-corrected chi connectivity index (χ1v) is 5.80. The third-order valence-electron chi connectivity index (χ3n) is 2.31. The number of hydrogen-bond donors (Lipinski definition) is 2. The highest BCUT2D eigenvalue weighted by molar-refractivity contribution is 9.10. The predicted molar refractivity (Wildman–Crippen MR) is 68.5 cm³/mol. The van der Waals surface area contributed by atoms with Gasteiger partial charge in [0.05, 0.1) is 9.89 Å². The number of nitro groups is 1. The van der Waals surface area contributed by atoms with Crippen molar-refractivity contribution in [2.24, 2.45) is 5.41 Å². The molecule has 0 bridgehead atoms. The Labute approximate surface area is 112 Å². The Morgan fingerprint density at radius 3 is 2.78 bits per heavy atom. The van der Waals surface area contributed by atoms with E-state index in [1.807, 2.05) is 0 Å². The topological polar surface area (TPSA) is 105 Å². The van der Waals surface area contributed by atoms with Crippen LogP contribution in [0.25, 0.3) is 0 Å². The lowest BCUT2D eigenvalue weighted by Gasteiger charge is -2.19. The summed E-state index contributed by atoms with van der Waals surface area (Å²) < 4.78 is 0.573. The van der Waals surface area contributed by atoms with Crippen LogP contribution >= 0.6 is 15.9 Å². The summed E-state index contributed by atoms with van der Waals surface area (Å²) in [6.45, 7) is 3.11. The summed E-state index contributed by atoms with van der Waals surface area (Å²) in [6.07, 6.45) is 1.31. The van der Waals surface area contributed by atoms with E-state index in [1.54, 1.807) is 0 Å². The second-order valence-electron chi connectivity index (χ2n) is 4.32. The molecule has 0 radical (unpaired) electrons. The number of aliphatic carboxylic acids is 1. The molecule has 0 fully saturated rings. The minimum Gasteiger partial charge on any atom is -0.481 e. The normalized spacial score (nSPS) is 11.1. The van der Waals surface area contributed by atoms with Crippen LogP contribution in [0.4, 0.5) is 11.5 Å². The molecule has 0 saturated carbocycles. The van der Waals surface area contributed by atoms with Crippen molar-refractivity contribution in [3.8, 4) is 0 Å². The smallest absolute Gasteiger partial charge is 0.386 e. The van der Waals surface area contributed by atoms with Crippen LogP contribution in [-0.2, 0) is 4.79 Å².